The van der Waals surface area contributed by atoms with E-state index in [0.29, 0.717) is 29.1 Å². The first-order valence-electron chi connectivity index (χ1n) is 13.4. The number of hydrogen-bond acceptors (Lipinski definition) is 4. The van der Waals surface area contributed by atoms with Crippen LogP contribution in [-0.2, 0) is 14.4 Å². The summed E-state index contributed by atoms with van der Waals surface area (Å²) in [7, 11) is 0. The largest absolute Gasteiger partial charge is 0.389 e. The average molecular weight is 579 g/mol. The highest BCUT2D eigenvalue weighted by Gasteiger charge is 2.50. The van der Waals surface area contributed by atoms with Gasteiger partial charge in [-0.2, -0.15) is 13.2 Å². The Kier molecular flexibility index (Phi) is 8.79. The second-order valence-electron chi connectivity index (χ2n) is 10.4. The van der Waals surface area contributed by atoms with Crippen molar-refractivity contribution in [3.63, 3.8) is 0 Å². The van der Waals surface area contributed by atoms with Crippen molar-refractivity contribution >= 4 is 29.1 Å². The van der Waals surface area contributed by atoms with Gasteiger partial charge in [0.2, 0.25) is 18.0 Å². The Morgan fingerprint density at radius 3 is 2.27 bits per heavy atom. The van der Waals surface area contributed by atoms with Crippen LogP contribution in [-0.4, -0.2) is 48.2 Å². The number of rotatable bonds is 11. The van der Waals surface area contributed by atoms with Crippen molar-refractivity contribution in [1.29, 1.82) is 0 Å². The number of para-hydroxylation sites is 1. The maximum Gasteiger partial charge on any atom is 0.389 e. The predicted octanol–water partition coefficient (Wildman–Crippen LogP) is 4.83. The normalized spacial score (nSPS) is 19.1. The Hall–Kier alpha value is -3.83. The van der Waals surface area contributed by atoms with Crippen molar-refractivity contribution in [2.24, 2.45) is 28.5 Å². The molecule has 2 aromatic rings. The number of primary amides is 1. The first-order valence-corrected chi connectivity index (χ1v) is 13.4. The summed E-state index contributed by atoms with van der Waals surface area (Å²) >= 11 is 0. The van der Waals surface area contributed by atoms with Crippen molar-refractivity contribution in [3.05, 3.63) is 65.7 Å². The molecule has 0 spiro atoms. The lowest BCUT2D eigenvalue weighted by molar-refractivity contribution is -0.160. The number of nitrogens with zero attached hydrogens (tertiary/aromatic N) is 2. The molecule has 12 heteroatoms. The van der Waals surface area contributed by atoms with E-state index in [-0.39, 0.29) is 5.92 Å². The third-order valence-electron chi connectivity index (χ3n) is 7.38. The van der Waals surface area contributed by atoms with Gasteiger partial charge in [0.25, 0.3) is 11.8 Å². The van der Waals surface area contributed by atoms with E-state index in [2.05, 4.69) is 10.3 Å². The van der Waals surface area contributed by atoms with E-state index < -0.39 is 67.1 Å². The molecule has 0 bridgehead atoms. The number of anilines is 1. The minimum Gasteiger partial charge on any atom is -0.369 e. The summed E-state index contributed by atoms with van der Waals surface area (Å²) in [5, 5.41) is 2.31. The molecule has 3 atom stereocenters. The first kappa shape index (κ1) is 30.1. The molecule has 2 aromatic carbocycles. The van der Waals surface area contributed by atoms with Crippen LogP contribution < -0.4 is 16.0 Å². The lowest BCUT2D eigenvalue weighted by atomic mass is 9.81. The molecule has 2 aliphatic rings. The van der Waals surface area contributed by atoms with Crippen molar-refractivity contribution in [1.82, 2.24) is 5.32 Å². The first-order chi connectivity index (χ1) is 19.3. The summed E-state index contributed by atoms with van der Waals surface area (Å²) in [6.07, 6.45) is -8.32. The van der Waals surface area contributed by atoms with E-state index in [1.807, 2.05) is 0 Å². The summed E-state index contributed by atoms with van der Waals surface area (Å²) < 4.78 is 69.1. The number of alkyl halides is 5. The van der Waals surface area contributed by atoms with Gasteiger partial charge in [0.05, 0.1) is 17.3 Å². The van der Waals surface area contributed by atoms with Crippen LogP contribution in [0.25, 0.3) is 0 Å². The molecule has 0 aromatic heterocycles. The highest BCUT2D eigenvalue weighted by molar-refractivity contribution is 6.20. The van der Waals surface area contributed by atoms with Crippen molar-refractivity contribution in [3.8, 4) is 0 Å². The van der Waals surface area contributed by atoms with Gasteiger partial charge in [-0.1, -0.05) is 55.5 Å². The van der Waals surface area contributed by atoms with Crippen LogP contribution in [0.5, 0.6) is 0 Å². The standard InChI is InChI=1S/C29H31F5N4O3/c1-2-28(30,31)22(24(35)39)20(14-15-29(32,33)34)26(40)37-25-27(41)38(16-17-12-13-17)21-11-7-6-10-19(21)23(36-25)18-8-4-3-5-9-18/h3-11,17,20,22,25H,2,12-16H2,1H3,(H2,35,39)(H,37,40)/t20-,22+,25-/m1/s1. The highest BCUT2D eigenvalue weighted by atomic mass is 19.4. The molecule has 0 unspecified atom stereocenters. The Balaban J connectivity index is 1.77. The van der Waals surface area contributed by atoms with Gasteiger partial charge in [0, 0.05) is 30.5 Å². The number of benzodiazepines with no additional fused rings is 1. The van der Waals surface area contributed by atoms with Crippen LogP contribution in [0.1, 0.15) is 50.2 Å². The zero-order chi connectivity index (χ0) is 29.9. The smallest absolute Gasteiger partial charge is 0.369 e. The minimum atomic E-state index is -4.79. The molecule has 7 nitrogen and oxygen atoms in total. The van der Waals surface area contributed by atoms with Crippen LogP contribution in [0.2, 0.25) is 0 Å². The third kappa shape index (κ3) is 7.09. The van der Waals surface area contributed by atoms with Crippen LogP contribution in [0.15, 0.2) is 59.6 Å². The van der Waals surface area contributed by atoms with Gasteiger partial charge >= 0.3 is 6.18 Å². The number of fused-ring (bicyclic) bond motifs is 1. The summed E-state index contributed by atoms with van der Waals surface area (Å²) in [4.78, 5) is 45.5. The fourth-order valence-electron chi connectivity index (χ4n) is 5.03. The second kappa shape index (κ2) is 12.0. The molecule has 3 amide bonds. The van der Waals surface area contributed by atoms with Crippen molar-refractivity contribution < 1.29 is 36.3 Å². The van der Waals surface area contributed by atoms with Gasteiger partial charge in [-0.15, -0.1) is 0 Å². The maximum absolute atomic E-state index is 14.8. The van der Waals surface area contributed by atoms with Crippen LogP contribution in [0, 0.1) is 17.8 Å². The summed E-state index contributed by atoms with van der Waals surface area (Å²) in [6, 6.07) is 15.8. The quantitative estimate of drug-likeness (QED) is 0.373. The number of aliphatic imine (C=N–C) groups is 1. The molecule has 1 aliphatic heterocycles. The molecule has 220 valence electrons. The number of amides is 3. The van der Waals surface area contributed by atoms with Gasteiger partial charge in [-0.05, 0) is 31.2 Å². The Morgan fingerprint density at radius 1 is 1.05 bits per heavy atom. The molecular weight excluding hydrogens is 547 g/mol. The van der Waals surface area contributed by atoms with E-state index in [4.69, 9.17) is 5.73 Å². The number of hydrogen-bond donors (Lipinski definition) is 2. The molecule has 1 fully saturated rings. The van der Waals surface area contributed by atoms with Gasteiger partial charge < -0.3 is 16.0 Å². The number of carbonyl (C=O) groups is 3. The van der Waals surface area contributed by atoms with Crippen LogP contribution in [0.3, 0.4) is 0 Å². The van der Waals surface area contributed by atoms with Crippen molar-refractivity contribution in [2.75, 3.05) is 11.4 Å². The fourth-order valence-corrected chi connectivity index (χ4v) is 5.03. The highest BCUT2D eigenvalue weighted by Crippen LogP contribution is 2.39. The van der Waals surface area contributed by atoms with Crippen LogP contribution >= 0.6 is 0 Å². The number of carbonyl (C=O) groups excluding carboxylic acids is 3. The maximum atomic E-state index is 14.8. The topological polar surface area (TPSA) is 105 Å². The lowest BCUT2D eigenvalue weighted by Crippen LogP contribution is -2.53. The molecule has 0 saturated heterocycles. The molecule has 1 saturated carbocycles. The molecule has 4 rings (SSSR count). The third-order valence-corrected chi connectivity index (χ3v) is 7.38. The van der Waals surface area contributed by atoms with E-state index in [1.165, 1.54) is 4.90 Å². The van der Waals surface area contributed by atoms with Gasteiger partial charge in [-0.25, -0.2) is 13.8 Å². The Labute approximate surface area is 234 Å². The summed E-state index contributed by atoms with van der Waals surface area (Å²) in [5.74, 6) is -11.9. The Bertz CT molecular complexity index is 1310. The predicted molar refractivity (Wildman–Crippen MR) is 142 cm³/mol. The van der Waals surface area contributed by atoms with Crippen molar-refractivity contribution in [2.45, 2.75) is 57.3 Å². The molecule has 1 heterocycles. The molecule has 41 heavy (non-hydrogen) atoms. The van der Waals surface area contributed by atoms with Crippen LogP contribution in [0.4, 0.5) is 27.6 Å². The zero-order valence-corrected chi connectivity index (χ0v) is 22.3. The molecule has 3 N–H and O–H groups in total. The van der Waals surface area contributed by atoms with E-state index in [0.717, 1.165) is 19.8 Å². The SMILES string of the molecule is CCC(F)(F)[C@H](C(N)=O)[C@@H](CCC(F)(F)F)C(=O)N[C@H]1N=C(c2ccccc2)c2ccccc2N(CC2CC2)C1=O. The molecule has 0 radical (unpaired) electrons. The van der Waals surface area contributed by atoms with E-state index >= 15 is 0 Å². The van der Waals surface area contributed by atoms with E-state index in [1.54, 1.807) is 54.6 Å². The van der Waals surface area contributed by atoms with Gasteiger partial charge in [-0.3, -0.25) is 14.4 Å². The average Bonchev–Trinajstić information content (AvgIpc) is 3.76. The van der Waals surface area contributed by atoms with E-state index in [9.17, 15) is 36.3 Å². The Morgan fingerprint density at radius 2 is 1.68 bits per heavy atom. The summed E-state index contributed by atoms with van der Waals surface area (Å²) in [5.41, 5.74) is 7.27. The monoisotopic (exact) mass is 578 g/mol. The number of nitrogens with two attached hydrogens (primary N) is 1. The van der Waals surface area contributed by atoms with Gasteiger partial charge in [0.15, 0.2) is 0 Å². The van der Waals surface area contributed by atoms with Gasteiger partial charge in [0.1, 0.15) is 5.92 Å². The molecular formula is C29H31F5N4O3. The summed E-state index contributed by atoms with van der Waals surface area (Å²) in [6.45, 7) is 1.35. The minimum absolute atomic E-state index is 0.212. The number of nitrogens with one attached hydrogen (secondary N) is 1. The zero-order valence-electron chi connectivity index (χ0n) is 22.3. The second-order valence-corrected chi connectivity index (χ2v) is 10.4. The molecule has 1 aliphatic carbocycles. The number of benzene rings is 2. The number of halogens is 5. The lowest BCUT2D eigenvalue weighted by Gasteiger charge is -2.31. The fraction of sp³-hybridized carbons (Fsp3) is 0.448.